The molecule has 0 radical (unpaired) electrons. The van der Waals surface area contributed by atoms with E-state index in [1.807, 2.05) is 30.3 Å². The van der Waals surface area contributed by atoms with Crippen molar-refractivity contribution in [3.8, 4) is 17.2 Å². The van der Waals surface area contributed by atoms with Crippen LogP contribution >= 0.6 is 0 Å². The van der Waals surface area contributed by atoms with Crippen molar-refractivity contribution < 1.29 is 19.0 Å². The van der Waals surface area contributed by atoms with Crippen molar-refractivity contribution in [3.05, 3.63) is 47.5 Å². The smallest absolute Gasteiger partial charge is 0.238 e. The highest BCUT2D eigenvalue weighted by atomic mass is 16.5. The number of carbonyl (C=O) groups is 1. The summed E-state index contributed by atoms with van der Waals surface area (Å²) in [6.45, 7) is 6.92. The number of methoxy groups -OCH3 is 3. The van der Waals surface area contributed by atoms with E-state index in [2.05, 4.69) is 28.1 Å². The molecule has 1 fully saturated rings. The molecule has 7 nitrogen and oxygen atoms in total. The van der Waals surface area contributed by atoms with Crippen LogP contribution in [0.25, 0.3) is 0 Å². The number of aryl methyl sites for hydroxylation is 1. The third kappa shape index (κ3) is 5.64. The number of rotatable bonds is 8. The second-order valence-corrected chi connectivity index (χ2v) is 7.46. The standard InChI is InChI=1S/C23H31N3O4/c1-17-13-21(29-3)22(30-4)14-18(17)15-25-9-11-26(12-10-25)16-23(27)24-19-5-7-20(28-2)8-6-19/h5-8,13-14H,9-12,15-16H2,1-4H3,(H,24,27). The number of hydrogen-bond donors (Lipinski definition) is 1. The monoisotopic (exact) mass is 413 g/mol. The first-order valence-electron chi connectivity index (χ1n) is 10.1. The molecule has 7 heteroatoms. The average molecular weight is 414 g/mol. The van der Waals surface area contributed by atoms with Crippen molar-refractivity contribution in [3.63, 3.8) is 0 Å². The van der Waals surface area contributed by atoms with Gasteiger partial charge in [-0.2, -0.15) is 0 Å². The van der Waals surface area contributed by atoms with E-state index in [-0.39, 0.29) is 5.91 Å². The molecule has 2 aromatic carbocycles. The Labute approximate surface area is 178 Å². The second-order valence-electron chi connectivity index (χ2n) is 7.46. The number of amides is 1. The molecule has 1 aliphatic rings. The second kappa shape index (κ2) is 10.3. The van der Waals surface area contributed by atoms with E-state index >= 15 is 0 Å². The maximum Gasteiger partial charge on any atom is 0.238 e. The fourth-order valence-corrected chi connectivity index (χ4v) is 3.62. The van der Waals surface area contributed by atoms with Gasteiger partial charge in [-0.15, -0.1) is 0 Å². The molecule has 1 N–H and O–H groups in total. The summed E-state index contributed by atoms with van der Waals surface area (Å²) >= 11 is 0. The summed E-state index contributed by atoms with van der Waals surface area (Å²) in [5.74, 6) is 2.29. The van der Waals surface area contributed by atoms with Crippen LogP contribution in [-0.4, -0.2) is 69.8 Å². The maximum atomic E-state index is 12.4. The molecular weight excluding hydrogens is 382 g/mol. The lowest BCUT2D eigenvalue weighted by Crippen LogP contribution is -2.48. The summed E-state index contributed by atoms with van der Waals surface area (Å²) in [4.78, 5) is 17.0. The van der Waals surface area contributed by atoms with Gasteiger partial charge in [0.15, 0.2) is 11.5 Å². The van der Waals surface area contributed by atoms with Gasteiger partial charge in [0, 0.05) is 38.4 Å². The fourth-order valence-electron chi connectivity index (χ4n) is 3.62. The predicted octanol–water partition coefficient (Wildman–Crippen LogP) is 2.78. The van der Waals surface area contributed by atoms with E-state index < -0.39 is 0 Å². The van der Waals surface area contributed by atoms with E-state index in [9.17, 15) is 4.79 Å². The Morgan fingerprint density at radius 1 is 0.900 bits per heavy atom. The Bertz CT molecular complexity index is 846. The van der Waals surface area contributed by atoms with Crippen LogP contribution in [0.2, 0.25) is 0 Å². The molecule has 30 heavy (non-hydrogen) atoms. The molecule has 0 saturated carbocycles. The zero-order valence-electron chi connectivity index (χ0n) is 18.2. The van der Waals surface area contributed by atoms with Crippen molar-refractivity contribution in [2.45, 2.75) is 13.5 Å². The molecule has 0 aromatic heterocycles. The quantitative estimate of drug-likeness (QED) is 0.718. The average Bonchev–Trinajstić information content (AvgIpc) is 2.76. The number of piperazine rings is 1. The van der Waals surface area contributed by atoms with Gasteiger partial charge in [-0.1, -0.05) is 0 Å². The first-order valence-corrected chi connectivity index (χ1v) is 10.1. The number of hydrogen-bond acceptors (Lipinski definition) is 6. The van der Waals surface area contributed by atoms with Crippen molar-refractivity contribution in [2.75, 3.05) is 59.4 Å². The van der Waals surface area contributed by atoms with Gasteiger partial charge in [-0.3, -0.25) is 14.6 Å². The number of carbonyl (C=O) groups excluding carboxylic acids is 1. The number of nitrogens with one attached hydrogen (secondary N) is 1. The SMILES string of the molecule is COc1ccc(NC(=O)CN2CCN(Cc3cc(OC)c(OC)cc3C)CC2)cc1. The molecule has 1 aliphatic heterocycles. The lowest BCUT2D eigenvalue weighted by Gasteiger charge is -2.34. The summed E-state index contributed by atoms with van der Waals surface area (Å²) in [6, 6.07) is 11.5. The largest absolute Gasteiger partial charge is 0.497 e. The minimum Gasteiger partial charge on any atom is -0.497 e. The van der Waals surface area contributed by atoms with E-state index in [1.165, 1.54) is 11.1 Å². The highest BCUT2D eigenvalue weighted by Crippen LogP contribution is 2.31. The first kappa shape index (κ1) is 21.9. The molecule has 0 spiro atoms. The Morgan fingerprint density at radius 3 is 2.10 bits per heavy atom. The minimum absolute atomic E-state index is 0.00403. The summed E-state index contributed by atoms with van der Waals surface area (Å²) in [5.41, 5.74) is 3.20. The molecule has 0 atom stereocenters. The van der Waals surface area contributed by atoms with Crippen LogP contribution in [0.4, 0.5) is 5.69 Å². The Morgan fingerprint density at radius 2 is 1.50 bits per heavy atom. The lowest BCUT2D eigenvalue weighted by molar-refractivity contribution is -0.117. The molecule has 1 saturated heterocycles. The van der Waals surface area contributed by atoms with Crippen LogP contribution in [0, 0.1) is 6.92 Å². The van der Waals surface area contributed by atoms with Gasteiger partial charge in [0.2, 0.25) is 5.91 Å². The molecule has 1 heterocycles. The number of anilines is 1. The minimum atomic E-state index is 0.00403. The third-order valence-corrected chi connectivity index (χ3v) is 5.44. The van der Waals surface area contributed by atoms with E-state index in [1.54, 1.807) is 21.3 Å². The fraction of sp³-hybridized carbons (Fsp3) is 0.435. The predicted molar refractivity (Wildman–Crippen MR) is 118 cm³/mol. The van der Waals surface area contributed by atoms with Gasteiger partial charge >= 0.3 is 0 Å². The molecule has 0 bridgehead atoms. The molecule has 0 unspecified atom stereocenters. The highest BCUT2D eigenvalue weighted by molar-refractivity contribution is 5.92. The van der Waals surface area contributed by atoms with Gasteiger partial charge in [-0.25, -0.2) is 0 Å². The summed E-state index contributed by atoms with van der Waals surface area (Å²) in [6.07, 6.45) is 0. The summed E-state index contributed by atoms with van der Waals surface area (Å²) in [7, 11) is 4.94. The highest BCUT2D eigenvalue weighted by Gasteiger charge is 2.20. The van der Waals surface area contributed by atoms with Gasteiger partial charge in [0.25, 0.3) is 0 Å². The number of benzene rings is 2. The molecule has 3 rings (SSSR count). The topological polar surface area (TPSA) is 63.3 Å². The number of ether oxygens (including phenoxy) is 3. The van der Waals surface area contributed by atoms with Gasteiger partial charge in [0.1, 0.15) is 5.75 Å². The van der Waals surface area contributed by atoms with E-state index in [0.29, 0.717) is 6.54 Å². The molecule has 1 amide bonds. The zero-order valence-corrected chi connectivity index (χ0v) is 18.2. The van der Waals surface area contributed by atoms with Crippen molar-refractivity contribution in [2.24, 2.45) is 0 Å². The van der Waals surface area contributed by atoms with Crippen molar-refractivity contribution >= 4 is 11.6 Å². The third-order valence-electron chi connectivity index (χ3n) is 5.44. The molecule has 2 aromatic rings. The summed E-state index contributed by atoms with van der Waals surface area (Å²) in [5, 5.41) is 2.95. The van der Waals surface area contributed by atoms with Gasteiger partial charge in [-0.05, 0) is 54.4 Å². The van der Waals surface area contributed by atoms with Crippen LogP contribution in [0.3, 0.4) is 0 Å². The van der Waals surface area contributed by atoms with Crippen LogP contribution < -0.4 is 19.5 Å². The Hall–Kier alpha value is -2.77. The molecular formula is C23H31N3O4. The van der Waals surface area contributed by atoms with Gasteiger partial charge < -0.3 is 19.5 Å². The Kier molecular flexibility index (Phi) is 7.54. The maximum absolute atomic E-state index is 12.4. The van der Waals surface area contributed by atoms with Crippen LogP contribution in [0.15, 0.2) is 36.4 Å². The zero-order chi connectivity index (χ0) is 21.5. The molecule has 0 aliphatic carbocycles. The Balaban J connectivity index is 1.48. The summed E-state index contributed by atoms with van der Waals surface area (Å²) < 4.78 is 16.0. The van der Waals surface area contributed by atoms with E-state index in [4.69, 9.17) is 14.2 Å². The van der Waals surface area contributed by atoms with Crippen LogP contribution in [-0.2, 0) is 11.3 Å². The van der Waals surface area contributed by atoms with Crippen molar-refractivity contribution in [1.29, 1.82) is 0 Å². The number of nitrogens with zero attached hydrogens (tertiary/aromatic N) is 2. The van der Waals surface area contributed by atoms with Crippen molar-refractivity contribution in [1.82, 2.24) is 9.80 Å². The van der Waals surface area contributed by atoms with Crippen LogP contribution in [0.5, 0.6) is 17.2 Å². The normalized spacial score (nSPS) is 14.9. The van der Waals surface area contributed by atoms with Gasteiger partial charge in [0.05, 0.1) is 27.9 Å². The first-order chi connectivity index (χ1) is 14.5. The molecule has 162 valence electrons. The van der Waals surface area contributed by atoms with Crippen LogP contribution in [0.1, 0.15) is 11.1 Å². The van der Waals surface area contributed by atoms with E-state index in [0.717, 1.165) is 55.7 Å². The lowest BCUT2D eigenvalue weighted by atomic mass is 10.1.